The summed E-state index contributed by atoms with van der Waals surface area (Å²) in [7, 11) is 1.48. The van der Waals surface area contributed by atoms with Crippen molar-refractivity contribution < 1.29 is 9.53 Å². The van der Waals surface area contributed by atoms with Crippen molar-refractivity contribution in [2.24, 2.45) is 5.73 Å². The van der Waals surface area contributed by atoms with Crippen molar-refractivity contribution in [2.45, 2.75) is 26.8 Å². The molecule has 1 amide bonds. The van der Waals surface area contributed by atoms with Crippen LogP contribution < -0.4 is 21.1 Å². The maximum absolute atomic E-state index is 12.9. The molecule has 146 valence electrons. The highest BCUT2D eigenvalue weighted by molar-refractivity contribution is 6.13. The van der Waals surface area contributed by atoms with E-state index in [1.807, 2.05) is 19.9 Å². The summed E-state index contributed by atoms with van der Waals surface area (Å²) in [5, 5.41) is 6.81. The van der Waals surface area contributed by atoms with Crippen LogP contribution in [-0.4, -0.2) is 45.5 Å². The molecule has 0 fully saturated rings. The third kappa shape index (κ3) is 4.15. The van der Waals surface area contributed by atoms with E-state index in [0.717, 1.165) is 5.69 Å². The van der Waals surface area contributed by atoms with Crippen molar-refractivity contribution in [3.63, 3.8) is 0 Å². The highest BCUT2D eigenvalue weighted by Crippen LogP contribution is 2.27. The molecular formula is C19H23N7O2. The SMILES string of the molecule is COc1ncc2c(NC[C@H](C)N)ccc(C(=O)Nc3cnc(C)nc3C)c2n1. The molecule has 0 aliphatic rings. The number of nitrogens with zero attached hydrogens (tertiary/aromatic N) is 4. The number of methoxy groups -OCH3 is 1. The van der Waals surface area contributed by atoms with Gasteiger partial charge in [-0.15, -0.1) is 0 Å². The summed E-state index contributed by atoms with van der Waals surface area (Å²) >= 11 is 0. The third-order valence-electron chi connectivity index (χ3n) is 4.12. The zero-order valence-electron chi connectivity index (χ0n) is 16.3. The van der Waals surface area contributed by atoms with Gasteiger partial charge in [0, 0.05) is 29.9 Å². The van der Waals surface area contributed by atoms with Crippen LogP contribution in [-0.2, 0) is 0 Å². The number of rotatable bonds is 6. The van der Waals surface area contributed by atoms with Gasteiger partial charge in [0.05, 0.1) is 35.8 Å². The molecule has 2 aromatic heterocycles. The Hall–Kier alpha value is -3.33. The molecule has 0 unspecified atom stereocenters. The minimum Gasteiger partial charge on any atom is -0.467 e. The highest BCUT2D eigenvalue weighted by Gasteiger charge is 2.17. The Kier molecular flexibility index (Phi) is 5.65. The van der Waals surface area contributed by atoms with Crippen LogP contribution in [0.5, 0.6) is 6.01 Å². The number of hydrogen-bond acceptors (Lipinski definition) is 8. The molecule has 0 aliphatic heterocycles. The predicted octanol–water partition coefficient (Wildman–Crippen LogP) is 2.06. The van der Waals surface area contributed by atoms with Gasteiger partial charge in [0.15, 0.2) is 0 Å². The van der Waals surface area contributed by atoms with Crippen molar-refractivity contribution in [1.82, 2.24) is 19.9 Å². The number of ether oxygens (including phenoxy) is 1. The van der Waals surface area contributed by atoms with Crippen LogP contribution in [0.3, 0.4) is 0 Å². The number of fused-ring (bicyclic) bond motifs is 1. The van der Waals surface area contributed by atoms with Gasteiger partial charge >= 0.3 is 6.01 Å². The van der Waals surface area contributed by atoms with Crippen molar-refractivity contribution in [3.8, 4) is 6.01 Å². The minimum absolute atomic E-state index is 0.0262. The standard InChI is InChI=1S/C19H23N7O2/c1-10(20)7-22-15-6-5-13(17-14(15)8-23-19(26-17)28-4)18(27)25-16-9-21-12(3)24-11(16)2/h5-6,8-10,22H,7,20H2,1-4H3,(H,25,27)/t10-/m0/s1. The normalized spacial score (nSPS) is 11.9. The predicted molar refractivity (Wildman–Crippen MR) is 108 cm³/mol. The minimum atomic E-state index is -0.319. The van der Waals surface area contributed by atoms with E-state index in [4.69, 9.17) is 10.5 Å². The Morgan fingerprint density at radius 3 is 2.64 bits per heavy atom. The lowest BCUT2D eigenvalue weighted by Gasteiger charge is -2.14. The molecular weight excluding hydrogens is 358 g/mol. The smallest absolute Gasteiger partial charge is 0.316 e. The average Bonchev–Trinajstić information content (AvgIpc) is 2.67. The maximum atomic E-state index is 12.9. The molecule has 1 aromatic carbocycles. The van der Waals surface area contributed by atoms with Crippen LogP contribution in [0, 0.1) is 13.8 Å². The number of nitrogens with two attached hydrogens (primary N) is 1. The number of benzene rings is 1. The number of amides is 1. The second kappa shape index (κ2) is 8.13. The van der Waals surface area contributed by atoms with E-state index in [1.165, 1.54) is 7.11 Å². The number of nitrogens with one attached hydrogen (secondary N) is 2. The Labute approximate surface area is 162 Å². The van der Waals surface area contributed by atoms with Gasteiger partial charge in [-0.05, 0) is 32.9 Å². The number of carbonyl (C=O) groups is 1. The molecule has 0 saturated heterocycles. The van der Waals surface area contributed by atoms with Crippen molar-refractivity contribution in [1.29, 1.82) is 0 Å². The van der Waals surface area contributed by atoms with E-state index in [0.29, 0.717) is 40.2 Å². The number of anilines is 2. The maximum Gasteiger partial charge on any atom is 0.316 e. The lowest BCUT2D eigenvalue weighted by atomic mass is 10.1. The summed E-state index contributed by atoms with van der Waals surface area (Å²) in [4.78, 5) is 29.9. The van der Waals surface area contributed by atoms with Gasteiger partial charge in [0.25, 0.3) is 5.91 Å². The van der Waals surface area contributed by atoms with Gasteiger partial charge < -0.3 is 21.1 Å². The van der Waals surface area contributed by atoms with Crippen molar-refractivity contribution in [3.05, 3.63) is 41.6 Å². The molecule has 0 saturated carbocycles. The van der Waals surface area contributed by atoms with Crippen LogP contribution in [0.25, 0.3) is 10.9 Å². The van der Waals surface area contributed by atoms with Crippen molar-refractivity contribution >= 4 is 28.2 Å². The highest BCUT2D eigenvalue weighted by atomic mass is 16.5. The molecule has 3 aromatic rings. The quantitative estimate of drug-likeness (QED) is 0.592. The number of hydrogen-bond donors (Lipinski definition) is 3. The molecule has 0 aliphatic carbocycles. The van der Waals surface area contributed by atoms with E-state index in [2.05, 4.69) is 30.6 Å². The first-order valence-electron chi connectivity index (χ1n) is 8.84. The monoisotopic (exact) mass is 381 g/mol. The summed E-state index contributed by atoms with van der Waals surface area (Å²) in [6.07, 6.45) is 3.22. The second-order valence-electron chi connectivity index (χ2n) is 6.51. The fourth-order valence-corrected chi connectivity index (χ4v) is 2.71. The first-order chi connectivity index (χ1) is 13.4. The average molecular weight is 381 g/mol. The summed E-state index contributed by atoms with van der Waals surface area (Å²) < 4.78 is 5.13. The molecule has 2 heterocycles. The zero-order valence-corrected chi connectivity index (χ0v) is 16.3. The largest absolute Gasteiger partial charge is 0.467 e. The van der Waals surface area contributed by atoms with E-state index < -0.39 is 0 Å². The van der Waals surface area contributed by atoms with E-state index in [9.17, 15) is 4.79 Å². The Balaban J connectivity index is 2.01. The molecule has 3 rings (SSSR count). The molecule has 9 nitrogen and oxygen atoms in total. The topological polar surface area (TPSA) is 128 Å². The number of carbonyl (C=O) groups excluding carboxylic acids is 1. The van der Waals surface area contributed by atoms with Gasteiger partial charge in [-0.25, -0.2) is 15.0 Å². The Morgan fingerprint density at radius 2 is 1.96 bits per heavy atom. The van der Waals surface area contributed by atoms with Gasteiger partial charge in [-0.2, -0.15) is 4.98 Å². The fourth-order valence-electron chi connectivity index (χ4n) is 2.71. The van der Waals surface area contributed by atoms with Gasteiger partial charge in [0.1, 0.15) is 5.82 Å². The molecule has 0 spiro atoms. The van der Waals surface area contributed by atoms with Gasteiger partial charge in [0.2, 0.25) is 0 Å². The molecule has 28 heavy (non-hydrogen) atoms. The first kappa shape index (κ1) is 19.4. The van der Waals surface area contributed by atoms with E-state index >= 15 is 0 Å². The molecule has 0 bridgehead atoms. The van der Waals surface area contributed by atoms with Crippen LogP contribution in [0.1, 0.15) is 28.8 Å². The first-order valence-corrected chi connectivity index (χ1v) is 8.84. The van der Waals surface area contributed by atoms with Crippen LogP contribution in [0.4, 0.5) is 11.4 Å². The zero-order chi connectivity index (χ0) is 20.3. The van der Waals surface area contributed by atoms with Crippen molar-refractivity contribution in [2.75, 3.05) is 24.3 Å². The van der Waals surface area contributed by atoms with Gasteiger partial charge in [-0.3, -0.25) is 4.79 Å². The molecule has 0 radical (unpaired) electrons. The van der Waals surface area contributed by atoms with Crippen LogP contribution in [0.15, 0.2) is 24.5 Å². The Morgan fingerprint density at radius 1 is 1.18 bits per heavy atom. The fraction of sp³-hybridized carbons (Fsp3) is 0.316. The van der Waals surface area contributed by atoms with E-state index in [1.54, 1.807) is 25.4 Å². The summed E-state index contributed by atoms with van der Waals surface area (Å²) in [6, 6.07) is 3.67. The van der Waals surface area contributed by atoms with Crippen LogP contribution >= 0.6 is 0 Å². The molecule has 1 atom stereocenters. The van der Waals surface area contributed by atoms with Crippen LogP contribution in [0.2, 0.25) is 0 Å². The third-order valence-corrected chi connectivity index (χ3v) is 4.12. The van der Waals surface area contributed by atoms with E-state index in [-0.39, 0.29) is 18.0 Å². The summed E-state index contributed by atoms with van der Waals surface area (Å²) in [6.45, 7) is 6.09. The van der Waals surface area contributed by atoms with Gasteiger partial charge in [-0.1, -0.05) is 0 Å². The lowest BCUT2D eigenvalue weighted by molar-refractivity contribution is 0.102. The lowest BCUT2D eigenvalue weighted by Crippen LogP contribution is -2.25. The second-order valence-corrected chi connectivity index (χ2v) is 6.51. The summed E-state index contributed by atoms with van der Waals surface area (Å²) in [5.74, 6) is 0.322. The number of aryl methyl sites for hydroxylation is 2. The number of aromatic nitrogens is 4. The summed E-state index contributed by atoms with van der Waals surface area (Å²) in [5.41, 5.74) is 8.72. The molecule has 9 heteroatoms. The molecule has 4 N–H and O–H groups in total. The Bertz CT molecular complexity index is 1020.